The van der Waals surface area contributed by atoms with Crippen molar-refractivity contribution in [2.24, 2.45) is 11.3 Å². The van der Waals surface area contributed by atoms with Gasteiger partial charge in [-0.15, -0.1) is 11.3 Å². The van der Waals surface area contributed by atoms with E-state index in [0.717, 1.165) is 21.7 Å². The molecule has 2 heterocycles. The number of aliphatic hydroxyl groups is 1. The van der Waals surface area contributed by atoms with Crippen LogP contribution in [0, 0.1) is 18.3 Å². The fourth-order valence-corrected chi connectivity index (χ4v) is 6.50. The fourth-order valence-electron chi connectivity index (χ4n) is 5.69. The van der Waals surface area contributed by atoms with Crippen LogP contribution >= 0.6 is 11.3 Å². The molecule has 0 radical (unpaired) electrons. The van der Waals surface area contributed by atoms with Gasteiger partial charge in [-0.3, -0.25) is 14.4 Å². The van der Waals surface area contributed by atoms with Crippen LogP contribution in [0.4, 0.5) is 4.79 Å². The largest absolute Gasteiger partial charge is 0.465 e. The van der Waals surface area contributed by atoms with Crippen molar-refractivity contribution >= 4 is 35.2 Å². The van der Waals surface area contributed by atoms with Crippen LogP contribution in [-0.4, -0.2) is 74.7 Å². The molecule has 2 unspecified atom stereocenters. The molecule has 11 nitrogen and oxygen atoms in total. The lowest BCUT2D eigenvalue weighted by atomic mass is 9.78. The maximum Gasteiger partial charge on any atom is 0.404 e. The Kier molecular flexibility index (Phi) is 9.56. The highest BCUT2D eigenvalue weighted by Gasteiger charge is 2.45. The summed E-state index contributed by atoms with van der Waals surface area (Å²) < 4.78 is 0. The van der Waals surface area contributed by atoms with Gasteiger partial charge in [0.15, 0.2) is 0 Å². The zero-order chi connectivity index (χ0) is 30.8. The van der Waals surface area contributed by atoms with E-state index in [0.29, 0.717) is 12.8 Å². The normalized spacial score (nSPS) is 23.4. The first-order chi connectivity index (χ1) is 19.7. The summed E-state index contributed by atoms with van der Waals surface area (Å²) in [6.45, 7) is 9.36. The molecule has 1 aromatic carbocycles. The highest BCUT2D eigenvalue weighted by Crippen LogP contribution is 2.32. The summed E-state index contributed by atoms with van der Waals surface area (Å²) in [6, 6.07) is 5.65. The van der Waals surface area contributed by atoms with Gasteiger partial charge >= 0.3 is 6.09 Å². The number of β-amino-alcohol motifs (C(OH)–C–C–N with tert-alkyl or cyclic N) is 1. The number of amides is 4. The van der Waals surface area contributed by atoms with Crippen LogP contribution in [0.2, 0.25) is 0 Å². The first-order valence-electron chi connectivity index (χ1n) is 14.3. The molecular weight excluding hydrogens is 558 g/mol. The maximum atomic E-state index is 13.8. The number of nitrogens with one attached hydrogen (secondary N) is 3. The number of hydrogen-bond donors (Lipinski definition) is 5. The summed E-state index contributed by atoms with van der Waals surface area (Å²) in [6.07, 6.45) is -0.503. The lowest BCUT2D eigenvalue weighted by Crippen LogP contribution is -2.58. The average Bonchev–Trinajstić information content (AvgIpc) is 3.50. The van der Waals surface area contributed by atoms with Crippen molar-refractivity contribution in [1.29, 1.82) is 0 Å². The molecule has 1 aliphatic heterocycles. The number of likely N-dealkylation sites (tertiary alicyclic amines) is 1. The second-order valence-corrected chi connectivity index (χ2v) is 13.4. The number of aromatic nitrogens is 1. The number of carboxylic acid groups (broad SMARTS) is 1. The molecule has 228 valence electrons. The van der Waals surface area contributed by atoms with E-state index in [2.05, 4.69) is 20.9 Å². The van der Waals surface area contributed by atoms with E-state index in [1.54, 1.807) is 11.3 Å². The van der Waals surface area contributed by atoms with E-state index in [-0.39, 0.29) is 49.2 Å². The third-order valence-electron chi connectivity index (χ3n) is 8.10. The van der Waals surface area contributed by atoms with Crippen molar-refractivity contribution in [3.8, 4) is 10.4 Å². The molecule has 2 aromatic rings. The van der Waals surface area contributed by atoms with Crippen LogP contribution in [0.3, 0.4) is 0 Å². The van der Waals surface area contributed by atoms with E-state index in [1.807, 2.05) is 64.4 Å². The lowest BCUT2D eigenvalue weighted by Gasteiger charge is -2.37. The summed E-state index contributed by atoms with van der Waals surface area (Å²) in [7, 11) is 0. The third kappa shape index (κ3) is 7.46. The van der Waals surface area contributed by atoms with Gasteiger partial charge < -0.3 is 31.1 Å². The second-order valence-electron chi connectivity index (χ2n) is 12.6. The molecule has 1 saturated heterocycles. The zero-order valence-corrected chi connectivity index (χ0v) is 25.5. The number of rotatable bonds is 9. The van der Waals surface area contributed by atoms with Gasteiger partial charge in [0.05, 0.1) is 28.2 Å². The van der Waals surface area contributed by atoms with Crippen LogP contribution < -0.4 is 16.0 Å². The Morgan fingerprint density at radius 3 is 2.33 bits per heavy atom. The first-order valence-corrected chi connectivity index (χ1v) is 15.2. The SMILES string of the molecule is Cc1ncsc1-c1ccc(C(C)NC(=O)[C@@H]2C[C@@H](O)CN2C(=O)C(NC(=O)CC2CC(NC(=O)O)C2)C(C)(C)C)cc1. The van der Waals surface area contributed by atoms with E-state index in [4.69, 9.17) is 5.11 Å². The number of hydrogen-bond acceptors (Lipinski definition) is 7. The van der Waals surface area contributed by atoms with Gasteiger partial charge in [0.25, 0.3) is 0 Å². The van der Waals surface area contributed by atoms with Crippen molar-refractivity contribution in [3.05, 3.63) is 41.0 Å². The number of nitrogens with zero attached hydrogens (tertiary/aromatic N) is 2. The number of aryl methyl sites for hydroxylation is 1. The Labute approximate surface area is 250 Å². The van der Waals surface area contributed by atoms with Crippen LogP contribution in [0.1, 0.15) is 70.7 Å². The summed E-state index contributed by atoms with van der Waals surface area (Å²) >= 11 is 1.57. The summed E-state index contributed by atoms with van der Waals surface area (Å²) in [5, 5.41) is 27.6. The van der Waals surface area contributed by atoms with Crippen LogP contribution in [0.5, 0.6) is 0 Å². The van der Waals surface area contributed by atoms with Gasteiger partial charge in [-0.2, -0.15) is 0 Å². The van der Waals surface area contributed by atoms with Crippen LogP contribution in [-0.2, 0) is 14.4 Å². The quantitative estimate of drug-likeness (QED) is 0.296. The zero-order valence-electron chi connectivity index (χ0n) is 24.7. The van der Waals surface area contributed by atoms with Gasteiger partial charge in [0, 0.05) is 25.4 Å². The number of thiazole rings is 1. The molecule has 42 heavy (non-hydrogen) atoms. The molecule has 1 saturated carbocycles. The Morgan fingerprint density at radius 2 is 1.76 bits per heavy atom. The Bertz CT molecular complexity index is 1300. The van der Waals surface area contributed by atoms with Gasteiger partial charge in [0.1, 0.15) is 12.1 Å². The summed E-state index contributed by atoms with van der Waals surface area (Å²) in [5.41, 5.74) is 4.08. The van der Waals surface area contributed by atoms with Gasteiger partial charge in [-0.1, -0.05) is 45.0 Å². The molecule has 5 N–H and O–H groups in total. The molecule has 1 aromatic heterocycles. The van der Waals surface area contributed by atoms with Gasteiger partial charge in [-0.05, 0) is 49.1 Å². The highest BCUT2D eigenvalue weighted by molar-refractivity contribution is 7.13. The van der Waals surface area contributed by atoms with Crippen molar-refractivity contribution in [2.75, 3.05) is 6.54 Å². The third-order valence-corrected chi connectivity index (χ3v) is 9.08. The monoisotopic (exact) mass is 599 g/mol. The van der Waals surface area contributed by atoms with Gasteiger partial charge in [-0.25, -0.2) is 9.78 Å². The predicted octanol–water partition coefficient (Wildman–Crippen LogP) is 3.22. The van der Waals surface area contributed by atoms with Crippen LogP contribution in [0.25, 0.3) is 10.4 Å². The molecule has 2 fully saturated rings. The molecule has 4 atom stereocenters. The molecule has 0 bridgehead atoms. The fraction of sp³-hybridized carbons (Fsp3) is 0.567. The van der Waals surface area contributed by atoms with E-state index in [1.165, 1.54) is 4.90 Å². The van der Waals surface area contributed by atoms with E-state index >= 15 is 0 Å². The molecule has 2 aliphatic rings. The summed E-state index contributed by atoms with van der Waals surface area (Å²) in [4.78, 5) is 57.7. The van der Waals surface area contributed by atoms with Crippen molar-refractivity contribution in [3.63, 3.8) is 0 Å². The predicted molar refractivity (Wildman–Crippen MR) is 159 cm³/mol. The first kappa shape index (κ1) is 31.4. The molecule has 12 heteroatoms. The molecule has 4 rings (SSSR count). The van der Waals surface area contributed by atoms with Crippen molar-refractivity contribution in [1.82, 2.24) is 25.8 Å². The Balaban J connectivity index is 1.39. The minimum absolute atomic E-state index is 0.00180. The van der Waals surface area contributed by atoms with Crippen molar-refractivity contribution < 1.29 is 29.4 Å². The van der Waals surface area contributed by atoms with E-state index < -0.39 is 35.6 Å². The van der Waals surface area contributed by atoms with Gasteiger partial charge in [0.2, 0.25) is 17.7 Å². The number of aliphatic hydroxyl groups excluding tert-OH is 1. The minimum atomic E-state index is -1.08. The number of carbonyl (C=O) groups excluding carboxylic acids is 3. The standard InChI is InChI=1S/C30H41N5O6S/c1-16(19-6-8-20(9-7-19)25-17(2)31-15-42-25)32-27(38)23-13-22(36)14-35(23)28(39)26(30(3,4)5)34-24(37)12-18-10-21(11-18)33-29(40)41/h6-9,15-16,18,21-23,26,33,36H,10-14H2,1-5H3,(H,32,38)(H,34,37)(H,40,41)/t16?,18?,21?,22-,23+,26?/m1/s1. The minimum Gasteiger partial charge on any atom is -0.465 e. The topological polar surface area (TPSA) is 161 Å². The maximum absolute atomic E-state index is 13.8. The molecule has 1 aliphatic carbocycles. The van der Waals surface area contributed by atoms with E-state index in [9.17, 15) is 24.3 Å². The number of carbonyl (C=O) groups is 4. The highest BCUT2D eigenvalue weighted by atomic mass is 32.1. The summed E-state index contributed by atoms with van der Waals surface area (Å²) in [5.74, 6) is -1.04. The van der Waals surface area contributed by atoms with Crippen molar-refractivity contribution in [2.45, 2.75) is 90.6 Å². The molecular formula is C30H41N5O6S. The average molecular weight is 600 g/mol. The Hall–Kier alpha value is -3.51. The number of benzene rings is 1. The molecule has 0 spiro atoms. The molecule has 4 amide bonds. The Morgan fingerprint density at radius 1 is 1.10 bits per heavy atom. The van der Waals surface area contributed by atoms with Crippen LogP contribution in [0.15, 0.2) is 29.8 Å². The second kappa shape index (κ2) is 12.8. The smallest absolute Gasteiger partial charge is 0.404 e. The lowest BCUT2D eigenvalue weighted by molar-refractivity contribution is -0.144.